The van der Waals surface area contributed by atoms with E-state index in [2.05, 4.69) is 22.7 Å². The summed E-state index contributed by atoms with van der Waals surface area (Å²) >= 11 is 2.12. The molecule has 2 nitrogen and oxygen atoms in total. The van der Waals surface area contributed by atoms with Crippen molar-refractivity contribution in [3.8, 4) is 0 Å². The van der Waals surface area contributed by atoms with E-state index in [-0.39, 0.29) is 5.92 Å². The van der Waals surface area contributed by atoms with Crippen LogP contribution in [0.5, 0.6) is 0 Å². The lowest BCUT2D eigenvalue weighted by Gasteiger charge is -2.26. The van der Waals surface area contributed by atoms with Crippen molar-refractivity contribution in [1.29, 1.82) is 0 Å². The number of anilines is 1. The fraction of sp³-hybridized carbons (Fsp3) is 0.562. The number of fused-ring (bicyclic) bond motifs is 2. The molecule has 0 amide bonds. The number of hydrogen-bond donors (Lipinski definition) is 0. The van der Waals surface area contributed by atoms with Gasteiger partial charge in [-0.15, -0.1) is 0 Å². The number of benzene rings is 1. The number of carbonyl (C=O) groups excluding carboxylic acids is 1. The maximum atomic E-state index is 12.7. The Hall–Kier alpha value is -0.960. The van der Waals surface area contributed by atoms with Crippen LogP contribution in [-0.4, -0.2) is 30.4 Å². The van der Waals surface area contributed by atoms with Crippen LogP contribution in [0.1, 0.15) is 36.0 Å². The third kappa shape index (κ3) is 2.66. The molecule has 2 unspecified atom stereocenters. The van der Waals surface area contributed by atoms with Crippen molar-refractivity contribution in [3.05, 3.63) is 29.8 Å². The molecule has 2 heterocycles. The van der Waals surface area contributed by atoms with Gasteiger partial charge in [0, 0.05) is 41.8 Å². The maximum absolute atomic E-state index is 12.7. The molecule has 2 bridgehead atoms. The van der Waals surface area contributed by atoms with Gasteiger partial charge in [0.2, 0.25) is 0 Å². The van der Waals surface area contributed by atoms with Crippen LogP contribution in [-0.2, 0) is 0 Å². The predicted molar refractivity (Wildman–Crippen MR) is 82.2 cm³/mol. The average Bonchev–Trinajstić information content (AvgIpc) is 2.76. The van der Waals surface area contributed by atoms with Gasteiger partial charge in [-0.05, 0) is 37.8 Å². The Morgan fingerprint density at radius 1 is 1.21 bits per heavy atom. The van der Waals surface area contributed by atoms with Crippen molar-refractivity contribution >= 4 is 23.2 Å². The van der Waals surface area contributed by atoms with E-state index >= 15 is 0 Å². The third-order valence-electron chi connectivity index (χ3n) is 4.31. The molecular formula is C16H21NOS. The van der Waals surface area contributed by atoms with Crippen molar-refractivity contribution in [2.24, 2.45) is 5.92 Å². The van der Waals surface area contributed by atoms with Crippen LogP contribution in [0.2, 0.25) is 0 Å². The van der Waals surface area contributed by atoms with Gasteiger partial charge in [-0.2, -0.15) is 11.8 Å². The summed E-state index contributed by atoms with van der Waals surface area (Å²) in [5.74, 6) is 0.622. The van der Waals surface area contributed by atoms with Crippen LogP contribution in [0.3, 0.4) is 0 Å². The van der Waals surface area contributed by atoms with Gasteiger partial charge >= 0.3 is 0 Å². The van der Waals surface area contributed by atoms with E-state index in [0.29, 0.717) is 5.78 Å². The number of Topliss-reactive ketones (excluding diaryl/α,β-unsaturated/α-hetero) is 1. The van der Waals surface area contributed by atoms with Gasteiger partial charge in [0.25, 0.3) is 0 Å². The summed E-state index contributed by atoms with van der Waals surface area (Å²) in [6.45, 7) is 0. The molecule has 1 aromatic carbocycles. The molecule has 0 radical (unpaired) electrons. The van der Waals surface area contributed by atoms with E-state index in [0.717, 1.165) is 34.6 Å². The Morgan fingerprint density at radius 2 is 1.89 bits per heavy atom. The minimum Gasteiger partial charge on any atom is -0.378 e. The highest BCUT2D eigenvalue weighted by molar-refractivity contribution is 8.00. The molecule has 0 saturated carbocycles. The van der Waals surface area contributed by atoms with Crippen LogP contribution < -0.4 is 4.90 Å². The Kier molecular flexibility index (Phi) is 3.57. The summed E-state index contributed by atoms with van der Waals surface area (Å²) < 4.78 is 0. The van der Waals surface area contributed by atoms with Gasteiger partial charge < -0.3 is 4.90 Å². The Morgan fingerprint density at radius 3 is 2.53 bits per heavy atom. The quantitative estimate of drug-likeness (QED) is 0.786. The predicted octanol–water partition coefficient (Wildman–Crippen LogP) is 3.61. The van der Waals surface area contributed by atoms with Crippen molar-refractivity contribution < 1.29 is 4.79 Å². The van der Waals surface area contributed by atoms with Gasteiger partial charge in [0.1, 0.15) is 0 Å². The summed E-state index contributed by atoms with van der Waals surface area (Å²) in [5, 5.41) is 1.48. The largest absolute Gasteiger partial charge is 0.378 e. The SMILES string of the molecule is CN(C)c1cccc(C(=O)C2CC3CCC(C2)S3)c1. The molecule has 19 heavy (non-hydrogen) atoms. The Bertz CT molecular complexity index is 473. The smallest absolute Gasteiger partial charge is 0.166 e. The molecule has 0 aromatic heterocycles. The molecule has 102 valence electrons. The van der Waals surface area contributed by atoms with E-state index < -0.39 is 0 Å². The first-order valence-corrected chi connectivity index (χ1v) is 8.05. The molecule has 3 heteroatoms. The number of thioether (sulfide) groups is 1. The van der Waals surface area contributed by atoms with Crippen LogP contribution in [0, 0.1) is 5.92 Å². The number of carbonyl (C=O) groups is 1. The van der Waals surface area contributed by atoms with Crippen LogP contribution in [0.15, 0.2) is 24.3 Å². The number of hydrogen-bond acceptors (Lipinski definition) is 3. The third-order valence-corrected chi connectivity index (χ3v) is 5.93. The normalized spacial score (nSPS) is 29.3. The first-order valence-electron chi connectivity index (χ1n) is 7.10. The van der Waals surface area contributed by atoms with E-state index in [1.54, 1.807) is 0 Å². The van der Waals surface area contributed by atoms with Gasteiger partial charge in [0.05, 0.1) is 0 Å². The lowest BCUT2D eigenvalue weighted by atomic mass is 9.90. The molecule has 3 rings (SSSR count). The van der Waals surface area contributed by atoms with Crippen molar-refractivity contribution in [1.82, 2.24) is 0 Å². The fourth-order valence-corrected chi connectivity index (χ4v) is 5.02. The molecule has 1 aromatic rings. The summed E-state index contributed by atoms with van der Waals surface area (Å²) in [6.07, 6.45) is 4.81. The molecule has 2 aliphatic rings. The van der Waals surface area contributed by atoms with Crippen molar-refractivity contribution in [2.45, 2.75) is 36.2 Å². The second-order valence-corrected chi connectivity index (χ2v) is 7.54. The summed E-state index contributed by atoms with van der Waals surface area (Å²) in [6, 6.07) is 8.05. The monoisotopic (exact) mass is 275 g/mol. The van der Waals surface area contributed by atoms with Crippen LogP contribution >= 0.6 is 11.8 Å². The highest BCUT2D eigenvalue weighted by Gasteiger charge is 2.37. The molecule has 2 saturated heterocycles. The van der Waals surface area contributed by atoms with E-state index in [4.69, 9.17) is 0 Å². The zero-order chi connectivity index (χ0) is 13.4. The highest BCUT2D eigenvalue weighted by atomic mass is 32.2. The zero-order valence-electron chi connectivity index (χ0n) is 11.6. The molecule has 2 atom stereocenters. The number of rotatable bonds is 3. The molecule has 0 aliphatic carbocycles. The topological polar surface area (TPSA) is 20.3 Å². The summed E-state index contributed by atoms with van der Waals surface area (Å²) in [4.78, 5) is 14.7. The molecular weight excluding hydrogens is 254 g/mol. The molecule has 0 spiro atoms. The number of nitrogens with zero attached hydrogens (tertiary/aromatic N) is 1. The standard InChI is InChI=1S/C16H21NOS/c1-17(2)13-5-3-4-11(8-13)16(18)12-9-14-6-7-15(10-12)19-14/h3-5,8,12,14-15H,6-7,9-10H2,1-2H3. The Balaban J connectivity index is 1.78. The lowest BCUT2D eigenvalue weighted by molar-refractivity contribution is 0.0907. The first-order chi connectivity index (χ1) is 9.13. The van der Waals surface area contributed by atoms with Gasteiger partial charge in [0.15, 0.2) is 5.78 Å². The minimum atomic E-state index is 0.260. The zero-order valence-corrected chi connectivity index (χ0v) is 12.5. The lowest BCUT2D eigenvalue weighted by Crippen LogP contribution is -2.25. The van der Waals surface area contributed by atoms with Crippen molar-refractivity contribution in [2.75, 3.05) is 19.0 Å². The second-order valence-electron chi connectivity index (χ2n) is 5.93. The van der Waals surface area contributed by atoms with Gasteiger partial charge in [-0.25, -0.2) is 0 Å². The maximum Gasteiger partial charge on any atom is 0.166 e. The van der Waals surface area contributed by atoms with Crippen LogP contribution in [0.25, 0.3) is 0 Å². The van der Waals surface area contributed by atoms with Gasteiger partial charge in [-0.3, -0.25) is 4.79 Å². The number of ketones is 1. The molecule has 2 fully saturated rings. The van der Waals surface area contributed by atoms with E-state index in [1.807, 2.05) is 32.3 Å². The van der Waals surface area contributed by atoms with Crippen molar-refractivity contribution in [3.63, 3.8) is 0 Å². The Labute approximate surface area is 119 Å². The first kappa shape index (κ1) is 13.0. The highest BCUT2D eigenvalue weighted by Crippen LogP contribution is 2.46. The molecule has 0 N–H and O–H groups in total. The van der Waals surface area contributed by atoms with E-state index in [9.17, 15) is 4.79 Å². The molecule has 2 aliphatic heterocycles. The average molecular weight is 275 g/mol. The van der Waals surface area contributed by atoms with Gasteiger partial charge in [-0.1, -0.05) is 12.1 Å². The van der Waals surface area contributed by atoms with Crippen LogP contribution in [0.4, 0.5) is 5.69 Å². The summed E-state index contributed by atoms with van der Waals surface area (Å²) in [5.41, 5.74) is 2.00. The minimum absolute atomic E-state index is 0.260. The summed E-state index contributed by atoms with van der Waals surface area (Å²) in [7, 11) is 4.03. The fourth-order valence-electron chi connectivity index (χ4n) is 3.24. The second kappa shape index (κ2) is 5.20. The van der Waals surface area contributed by atoms with E-state index in [1.165, 1.54) is 12.8 Å².